The van der Waals surface area contributed by atoms with E-state index in [1.165, 1.54) is 24.3 Å². The molecule has 3 aromatic rings. The van der Waals surface area contributed by atoms with Crippen molar-refractivity contribution < 1.29 is 40.3 Å². The van der Waals surface area contributed by atoms with E-state index in [-0.39, 0.29) is 22.7 Å². The van der Waals surface area contributed by atoms with Gasteiger partial charge in [0.25, 0.3) is 10.0 Å². The molecule has 0 unspecified atom stereocenters. The second kappa shape index (κ2) is 13.2. The maximum atomic E-state index is 13.5. The molecule has 0 spiro atoms. The highest BCUT2D eigenvalue weighted by molar-refractivity contribution is 7.92. The molecule has 2 aromatic heterocycles. The molecule has 0 saturated carbocycles. The maximum absolute atomic E-state index is 13.5. The molecule has 3 heterocycles. The lowest BCUT2D eigenvalue weighted by molar-refractivity contribution is -0.192. The smallest absolute Gasteiger partial charge is 0.475 e. The van der Waals surface area contributed by atoms with E-state index in [9.17, 15) is 30.4 Å². The minimum atomic E-state index is -5.08. The summed E-state index contributed by atoms with van der Waals surface area (Å²) in [5.74, 6) is -3.86. The van der Waals surface area contributed by atoms with Gasteiger partial charge in [-0.05, 0) is 61.2 Å². The van der Waals surface area contributed by atoms with Crippen LogP contribution in [0.4, 0.5) is 33.5 Å². The number of rotatable bonds is 7. The summed E-state index contributed by atoms with van der Waals surface area (Å²) >= 11 is 0. The minimum Gasteiger partial charge on any atom is -0.475 e. The van der Waals surface area contributed by atoms with E-state index in [2.05, 4.69) is 24.5 Å². The van der Waals surface area contributed by atoms with Crippen molar-refractivity contribution in [3.05, 3.63) is 77.6 Å². The lowest BCUT2D eigenvalue weighted by atomic mass is 10.0. The van der Waals surface area contributed by atoms with Gasteiger partial charge in [0.05, 0.1) is 11.9 Å². The SMILES string of the molecule is Cc1cc(S(=O)(=O)Nc2cccc(F)n2)ncc1N(C)C1CCN(Cc2cccc(F)c2)CC1.O=C(O)C(F)(F)F. The number of carboxylic acids is 1. The Balaban J connectivity index is 0.000000587. The van der Waals surface area contributed by atoms with Gasteiger partial charge in [-0.15, -0.1) is 0 Å². The van der Waals surface area contributed by atoms with Crippen molar-refractivity contribution in [1.82, 2.24) is 14.9 Å². The summed E-state index contributed by atoms with van der Waals surface area (Å²) < 4.78 is 86.1. The van der Waals surface area contributed by atoms with Crippen molar-refractivity contribution in [3.63, 3.8) is 0 Å². The van der Waals surface area contributed by atoms with Gasteiger partial charge in [0.15, 0.2) is 5.03 Å². The van der Waals surface area contributed by atoms with Crippen LogP contribution in [0.15, 0.2) is 59.8 Å². The summed E-state index contributed by atoms with van der Waals surface area (Å²) in [6, 6.07) is 12.4. The molecule has 15 heteroatoms. The Hall–Kier alpha value is -3.85. The van der Waals surface area contributed by atoms with Crippen LogP contribution < -0.4 is 9.62 Å². The molecule has 1 aromatic carbocycles. The average molecular weight is 602 g/mol. The van der Waals surface area contributed by atoms with E-state index >= 15 is 0 Å². The van der Waals surface area contributed by atoms with Crippen molar-refractivity contribution in [3.8, 4) is 0 Å². The number of aromatic nitrogens is 2. The fourth-order valence-electron chi connectivity index (χ4n) is 4.25. The number of hydrogen-bond acceptors (Lipinski definition) is 7. The van der Waals surface area contributed by atoms with E-state index < -0.39 is 28.1 Å². The number of nitrogens with zero attached hydrogens (tertiary/aromatic N) is 4. The summed E-state index contributed by atoms with van der Waals surface area (Å²) in [7, 11) is -2.02. The normalized spacial score (nSPS) is 14.6. The summed E-state index contributed by atoms with van der Waals surface area (Å²) in [5.41, 5.74) is 2.59. The number of alkyl halides is 3. The fourth-order valence-corrected chi connectivity index (χ4v) is 5.27. The van der Waals surface area contributed by atoms with Crippen LogP contribution in [0.2, 0.25) is 0 Å². The molecule has 222 valence electrons. The van der Waals surface area contributed by atoms with Crippen LogP contribution in [0, 0.1) is 18.7 Å². The number of likely N-dealkylation sites (tertiary alicyclic amines) is 1. The number of aliphatic carboxylic acids is 1. The zero-order valence-electron chi connectivity index (χ0n) is 22.1. The van der Waals surface area contributed by atoms with Crippen molar-refractivity contribution in [2.75, 3.05) is 29.8 Å². The molecule has 0 amide bonds. The number of sulfonamides is 1. The Morgan fingerprint density at radius 1 is 1.12 bits per heavy atom. The van der Waals surface area contributed by atoms with Gasteiger partial charge in [-0.25, -0.2) is 19.2 Å². The first kappa shape index (κ1) is 31.7. The molecule has 0 aliphatic carbocycles. The molecule has 1 aliphatic rings. The number of anilines is 2. The van der Waals surface area contributed by atoms with Crippen LogP contribution in [0.3, 0.4) is 0 Å². The van der Waals surface area contributed by atoms with E-state index in [0.717, 1.165) is 48.8 Å². The molecule has 1 fully saturated rings. The van der Waals surface area contributed by atoms with Gasteiger partial charge in [0.1, 0.15) is 11.6 Å². The number of nitrogens with one attached hydrogen (secondary N) is 1. The second-order valence-electron chi connectivity index (χ2n) is 9.31. The fraction of sp³-hybridized carbons (Fsp3) is 0.346. The summed E-state index contributed by atoms with van der Waals surface area (Å²) in [6.45, 7) is 4.32. The Morgan fingerprint density at radius 2 is 1.76 bits per heavy atom. The Morgan fingerprint density at radius 3 is 2.32 bits per heavy atom. The molecule has 4 rings (SSSR count). The number of aryl methyl sites for hydroxylation is 1. The highest BCUT2D eigenvalue weighted by atomic mass is 32.2. The quantitative estimate of drug-likeness (QED) is 0.298. The second-order valence-corrected chi connectivity index (χ2v) is 10.9. The van der Waals surface area contributed by atoms with Crippen LogP contribution in [0.25, 0.3) is 0 Å². The highest BCUT2D eigenvalue weighted by Crippen LogP contribution is 2.27. The number of benzene rings is 1. The zero-order chi connectivity index (χ0) is 30.4. The van der Waals surface area contributed by atoms with Gasteiger partial charge in [-0.3, -0.25) is 9.62 Å². The van der Waals surface area contributed by atoms with Crippen LogP contribution in [-0.2, 0) is 21.4 Å². The number of halogens is 5. The van der Waals surface area contributed by atoms with Crippen molar-refractivity contribution in [1.29, 1.82) is 0 Å². The van der Waals surface area contributed by atoms with Gasteiger partial charge in [-0.1, -0.05) is 18.2 Å². The number of pyridine rings is 2. The standard InChI is InChI=1S/C24H27F2N5O2S.C2HF3O2/c1-17-13-24(34(32,33)29-23-8-4-7-22(26)28-23)27-15-21(17)30(2)20-9-11-31(12-10-20)16-18-5-3-6-19(25)14-18;3-2(4,5)1(6)7/h3-8,13-15,20H,9-12,16H2,1-2H3,(H,28,29);(H,6,7). The predicted molar refractivity (Wildman–Crippen MR) is 141 cm³/mol. The van der Waals surface area contributed by atoms with Crippen molar-refractivity contribution >= 4 is 27.5 Å². The van der Waals surface area contributed by atoms with Crippen molar-refractivity contribution in [2.45, 2.75) is 43.6 Å². The summed E-state index contributed by atoms with van der Waals surface area (Å²) in [6.07, 6.45) is -1.67. The van der Waals surface area contributed by atoms with Gasteiger partial charge < -0.3 is 10.0 Å². The minimum absolute atomic E-state index is 0.106. The lowest BCUT2D eigenvalue weighted by Gasteiger charge is -2.38. The molecule has 0 atom stereocenters. The van der Waals surface area contributed by atoms with Crippen LogP contribution in [0.5, 0.6) is 0 Å². The van der Waals surface area contributed by atoms with Gasteiger partial charge in [0.2, 0.25) is 5.95 Å². The van der Waals surface area contributed by atoms with Gasteiger partial charge in [-0.2, -0.15) is 26.0 Å². The van der Waals surface area contributed by atoms with Crippen LogP contribution in [-0.4, -0.2) is 66.7 Å². The number of carboxylic acid groups (broad SMARTS) is 1. The molecule has 41 heavy (non-hydrogen) atoms. The highest BCUT2D eigenvalue weighted by Gasteiger charge is 2.38. The summed E-state index contributed by atoms with van der Waals surface area (Å²) in [5, 5.41) is 6.97. The predicted octanol–water partition coefficient (Wildman–Crippen LogP) is 4.60. The van der Waals surface area contributed by atoms with Crippen LogP contribution >= 0.6 is 0 Å². The molecule has 0 bridgehead atoms. The van der Waals surface area contributed by atoms with Crippen LogP contribution in [0.1, 0.15) is 24.0 Å². The molecule has 2 N–H and O–H groups in total. The molecular formula is C26H28F5N5O4S. The maximum Gasteiger partial charge on any atom is 0.490 e. The molecule has 9 nitrogen and oxygen atoms in total. The zero-order valence-corrected chi connectivity index (χ0v) is 22.9. The largest absolute Gasteiger partial charge is 0.490 e. The first-order valence-electron chi connectivity index (χ1n) is 12.3. The van der Waals surface area contributed by atoms with Gasteiger partial charge in [0, 0.05) is 32.7 Å². The molecule has 0 radical (unpaired) electrons. The Bertz CT molecular complexity index is 1460. The van der Waals surface area contributed by atoms with Crippen molar-refractivity contribution in [2.24, 2.45) is 0 Å². The molecule has 1 saturated heterocycles. The number of hydrogen-bond donors (Lipinski definition) is 2. The first-order valence-corrected chi connectivity index (χ1v) is 13.8. The Kier molecular flexibility index (Phi) is 10.2. The first-order chi connectivity index (χ1) is 19.2. The Labute approximate surface area is 233 Å². The molecule has 1 aliphatic heterocycles. The third-order valence-corrected chi connectivity index (χ3v) is 7.56. The lowest BCUT2D eigenvalue weighted by Crippen LogP contribution is -2.43. The number of piperidine rings is 1. The average Bonchev–Trinajstić information content (AvgIpc) is 2.88. The summed E-state index contributed by atoms with van der Waals surface area (Å²) in [4.78, 5) is 21.0. The number of carbonyl (C=O) groups is 1. The van der Waals surface area contributed by atoms with E-state index in [4.69, 9.17) is 9.90 Å². The monoisotopic (exact) mass is 601 g/mol. The van der Waals surface area contributed by atoms with E-state index in [1.807, 2.05) is 20.0 Å². The van der Waals surface area contributed by atoms with E-state index in [0.29, 0.717) is 6.54 Å². The van der Waals surface area contributed by atoms with E-state index in [1.54, 1.807) is 18.3 Å². The third-order valence-electron chi connectivity index (χ3n) is 6.31. The third kappa shape index (κ3) is 9.08. The van der Waals surface area contributed by atoms with Gasteiger partial charge >= 0.3 is 12.1 Å². The topological polar surface area (TPSA) is 116 Å². The molecular weight excluding hydrogens is 573 g/mol.